The van der Waals surface area contributed by atoms with Crippen molar-refractivity contribution >= 4 is 40.5 Å². The summed E-state index contributed by atoms with van der Waals surface area (Å²) < 4.78 is 0. The lowest BCUT2D eigenvalue weighted by molar-refractivity contribution is -0.120. The molecule has 2 N–H and O–H groups in total. The Bertz CT molecular complexity index is 861. The fourth-order valence-electron chi connectivity index (χ4n) is 3.03. The number of nitrogens with one attached hydrogen (secondary N) is 2. The second-order valence-corrected chi connectivity index (χ2v) is 6.60. The Balaban J connectivity index is 2.08. The fourth-order valence-corrected chi connectivity index (χ4v) is 3.03. The summed E-state index contributed by atoms with van der Waals surface area (Å²) in [5.41, 5.74) is 2.86. The van der Waals surface area contributed by atoms with Crippen molar-refractivity contribution in [2.45, 2.75) is 27.7 Å². The minimum atomic E-state index is -0.305. The molecule has 0 saturated heterocycles. The van der Waals surface area contributed by atoms with Crippen molar-refractivity contribution in [3.63, 3.8) is 0 Å². The highest BCUT2D eigenvalue weighted by Crippen LogP contribution is 2.21. The van der Waals surface area contributed by atoms with Crippen molar-refractivity contribution in [2.24, 2.45) is 0 Å². The number of carbonyl (C=O) groups excluding carboxylic acids is 3. The van der Waals surface area contributed by atoms with Gasteiger partial charge in [-0.15, -0.1) is 0 Å². The Morgan fingerprint density at radius 3 is 2.03 bits per heavy atom. The van der Waals surface area contributed by atoms with Crippen LogP contribution in [0.15, 0.2) is 48.5 Å². The second kappa shape index (κ2) is 10.3. The summed E-state index contributed by atoms with van der Waals surface area (Å²) in [6.45, 7) is 8.69. The molecule has 3 amide bonds. The Labute approximate surface area is 171 Å². The van der Waals surface area contributed by atoms with Crippen LogP contribution >= 0.6 is 0 Å². The quantitative estimate of drug-likeness (QED) is 0.716. The minimum absolute atomic E-state index is 0.128. The molecular weight excluding hydrogens is 368 g/mol. The summed E-state index contributed by atoms with van der Waals surface area (Å²) >= 11 is 0. The van der Waals surface area contributed by atoms with Crippen LogP contribution in [0.25, 0.3) is 0 Å². The van der Waals surface area contributed by atoms with Crippen LogP contribution in [0.1, 0.15) is 27.7 Å². The summed E-state index contributed by atoms with van der Waals surface area (Å²) in [7, 11) is 0. The Kier molecular flexibility index (Phi) is 7.77. The Morgan fingerprint density at radius 2 is 1.48 bits per heavy atom. The number of hydrogen-bond donors (Lipinski definition) is 2. The lowest BCUT2D eigenvalue weighted by Gasteiger charge is -2.22. The van der Waals surface area contributed by atoms with E-state index in [-0.39, 0.29) is 24.3 Å². The van der Waals surface area contributed by atoms with Gasteiger partial charge in [0.2, 0.25) is 17.7 Å². The first kappa shape index (κ1) is 21.9. The molecule has 0 aliphatic rings. The van der Waals surface area contributed by atoms with Crippen molar-refractivity contribution in [2.75, 3.05) is 40.1 Å². The van der Waals surface area contributed by atoms with Gasteiger partial charge >= 0.3 is 0 Å². The van der Waals surface area contributed by atoms with Gasteiger partial charge in [-0.05, 0) is 56.3 Å². The highest BCUT2D eigenvalue weighted by molar-refractivity contribution is 6.02. The highest BCUT2D eigenvalue weighted by Gasteiger charge is 2.16. The SMILES string of the molecule is CCN(CC)c1ccc(NC(=O)CN(C(C)=O)c2cccc(NC(C)=O)c2)cc1. The third kappa shape index (κ3) is 6.34. The molecule has 0 saturated carbocycles. The molecule has 2 aromatic rings. The van der Waals surface area contributed by atoms with Gasteiger partial charge in [0.1, 0.15) is 6.54 Å². The maximum atomic E-state index is 12.5. The zero-order valence-electron chi connectivity index (χ0n) is 17.4. The molecule has 0 fully saturated rings. The molecule has 0 spiro atoms. The number of benzene rings is 2. The molecule has 7 nitrogen and oxygen atoms in total. The Hall–Kier alpha value is -3.35. The molecule has 7 heteroatoms. The Morgan fingerprint density at radius 1 is 0.828 bits per heavy atom. The summed E-state index contributed by atoms with van der Waals surface area (Å²) in [6, 6.07) is 14.4. The van der Waals surface area contributed by atoms with Crippen molar-refractivity contribution in [3.8, 4) is 0 Å². The van der Waals surface area contributed by atoms with Crippen LogP contribution in [0.3, 0.4) is 0 Å². The molecule has 2 rings (SSSR count). The van der Waals surface area contributed by atoms with Crippen LogP contribution in [0.4, 0.5) is 22.7 Å². The molecule has 0 atom stereocenters. The smallest absolute Gasteiger partial charge is 0.244 e. The molecule has 29 heavy (non-hydrogen) atoms. The highest BCUT2D eigenvalue weighted by atomic mass is 16.2. The van der Waals surface area contributed by atoms with Gasteiger partial charge in [0, 0.05) is 49.7 Å². The van der Waals surface area contributed by atoms with Crippen molar-refractivity contribution in [3.05, 3.63) is 48.5 Å². The van der Waals surface area contributed by atoms with E-state index >= 15 is 0 Å². The zero-order chi connectivity index (χ0) is 21.4. The fraction of sp³-hybridized carbons (Fsp3) is 0.318. The van der Waals surface area contributed by atoms with Gasteiger partial charge in [-0.3, -0.25) is 14.4 Å². The van der Waals surface area contributed by atoms with Crippen molar-refractivity contribution < 1.29 is 14.4 Å². The lowest BCUT2D eigenvalue weighted by atomic mass is 10.2. The number of carbonyl (C=O) groups is 3. The first-order valence-electron chi connectivity index (χ1n) is 9.64. The van der Waals surface area contributed by atoms with E-state index in [0.717, 1.165) is 18.8 Å². The first-order chi connectivity index (χ1) is 13.8. The average molecular weight is 396 g/mol. The van der Waals surface area contributed by atoms with Crippen molar-refractivity contribution in [1.82, 2.24) is 0 Å². The predicted octanol–water partition coefficient (Wildman–Crippen LogP) is 3.48. The number of rotatable bonds is 8. The summed E-state index contributed by atoms with van der Waals surface area (Å²) in [5.74, 6) is -0.778. The number of nitrogens with zero attached hydrogens (tertiary/aromatic N) is 2. The molecule has 0 bridgehead atoms. The number of amides is 3. The van der Waals surface area contributed by atoms with Gasteiger partial charge < -0.3 is 20.4 Å². The molecular formula is C22H28N4O3. The van der Waals surface area contributed by atoms with E-state index in [0.29, 0.717) is 17.1 Å². The lowest BCUT2D eigenvalue weighted by Crippen LogP contribution is -2.36. The largest absolute Gasteiger partial charge is 0.372 e. The molecule has 154 valence electrons. The number of anilines is 4. The number of hydrogen-bond acceptors (Lipinski definition) is 4. The van der Waals surface area contributed by atoms with Crippen LogP contribution in [-0.2, 0) is 14.4 Å². The normalized spacial score (nSPS) is 10.2. The van der Waals surface area contributed by atoms with Crippen LogP contribution in [0.5, 0.6) is 0 Å². The van der Waals surface area contributed by atoms with Gasteiger partial charge in [-0.2, -0.15) is 0 Å². The molecule has 0 aliphatic carbocycles. The first-order valence-corrected chi connectivity index (χ1v) is 9.64. The van der Waals surface area contributed by atoms with Crippen LogP contribution in [0, 0.1) is 0 Å². The van der Waals surface area contributed by atoms with E-state index in [2.05, 4.69) is 29.4 Å². The van der Waals surface area contributed by atoms with E-state index in [9.17, 15) is 14.4 Å². The zero-order valence-corrected chi connectivity index (χ0v) is 17.4. The van der Waals surface area contributed by atoms with Gasteiger partial charge in [-0.25, -0.2) is 0 Å². The maximum Gasteiger partial charge on any atom is 0.244 e. The van der Waals surface area contributed by atoms with Crippen molar-refractivity contribution in [1.29, 1.82) is 0 Å². The second-order valence-electron chi connectivity index (χ2n) is 6.60. The van der Waals surface area contributed by atoms with Crippen LogP contribution < -0.4 is 20.4 Å². The minimum Gasteiger partial charge on any atom is -0.372 e. The average Bonchev–Trinajstić information content (AvgIpc) is 2.68. The monoisotopic (exact) mass is 396 g/mol. The molecule has 0 unspecified atom stereocenters. The summed E-state index contributed by atoms with van der Waals surface area (Å²) in [5, 5.41) is 5.50. The molecule has 0 radical (unpaired) electrons. The molecule has 0 heterocycles. The van der Waals surface area contributed by atoms with E-state index in [1.54, 1.807) is 24.3 Å². The summed E-state index contributed by atoms with van der Waals surface area (Å²) in [4.78, 5) is 39.4. The maximum absolute atomic E-state index is 12.5. The van der Waals surface area contributed by atoms with E-state index in [1.807, 2.05) is 24.3 Å². The molecule has 2 aromatic carbocycles. The van der Waals surface area contributed by atoms with E-state index in [1.165, 1.54) is 18.7 Å². The van der Waals surface area contributed by atoms with E-state index < -0.39 is 0 Å². The van der Waals surface area contributed by atoms with Gasteiger partial charge in [-0.1, -0.05) is 6.07 Å². The molecule has 0 aliphatic heterocycles. The van der Waals surface area contributed by atoms with Crippen LogP contribution in [-0.4, -0.2) is 37.4 Å². The van der Waals surface area contributed by atoms with E-state index in [4.69, 9.17) is 0 Å². The third-order valence-electron chi connectivity index (χ3n) is 4.44. The van der Waals surface area contributed by atoms with Gasteiger partial charge in [0.05, 0.1) is 0 Å². The topological polar surface area (TPSA) is 81.8 Å². The van der Waals surface area contributed by atoms with Gasteiger partial charge in [0.25, 0.3) is 0 Å². The van der Waals surface area contributed by atoms with Gasteiger partial charge in [0.15, 0.2) is 0 Å². The third-order valence-corrected chi connectivity index (χ3v) is 4.44. The standard InChI is InChI=1S/C22H28N4O3/c1-5-25(6-2)20-12-10-18(11-13-20)24-22(29)15-26(17(4)28)21-9-7-8-19(14-21)23-16(3)27/h7-14H,5-6,15H2,1-4H3,(H,23,27)(H,24,29). The predicted molar refractivity (Wildman–Crippen MR) is 117 cm³/mol. The summed E-state index contributed by atoms with van der Waals surface area (Å²) in [6.07, 6.45) is 0. The van der Waals surface area contributed by atoms with Crippen LogP contribution in [0.2, 0.25) is 0 Å². The molecule has 0 aromatic heterocycles.